The molecule has 0 amide bonds. The first-order valence-electron chi connectivity index (χ1n) is 15.1. The molecule has 0 saturated carbocycles. The van der Waals surface area contributed by atoms with Crippen molar-refractivity contribution in [2.24, 2.45) is 0 Å². The molecule has 0 aliphatic rings. The molecule has 0 N–H and O–H groups in total. The van der Waals surface area contributed by atoms with E-state index in [1.807, 2.05) is 0 Å². The van der Waals surface area contributed by atoms with Gasteiger partial charge in [0.2, 0.25) is 0 Å². The van der Waals surface area contributed by atoms with Gasteiger partial charge in [-0.15, -0.1) is 0 Å². The Bertz CT molecular complexity index is 449. The van der Waals surface area contributed by atoms with Crippen LogP contribution in [0.5, 0.6) is 0 Å². The Morgan fingerprint density at radius 3 is 1.09 bits per heavy atom. The van der Waals surface area contributed by atoms with Crippen LogP contribution < -0.4 is 0 Å². The fourth-order valence-electron chi connectivity index (χ4n) is 4.97. The Morgan fingerprint density at radius 1 is 0.441 bits per heavy atom. The summed E-state index contributed by atoms with van der Waals surface area (Å²) < 4.78 is 2.01. The molecular weight excluding hydrogens is 548 g/mol. The van der Waals surface area contributed by atoms with E-state index in [0.717, 1.165) is 15.5 Å². The molecule has 0 unspecified atom stereocenters. The molecule has 0 atom stereocenters. The van der Waals surface area contributed by atoms with E-state index in [0.29, 0.717) is 0 Å². The van der Waals surface area contributed by atoms with Crippen molar-refractivity contribution in [1.82, 2.24) is 0 Å². The second-order valence-corrected chi connectivity index (χ2v) is 15.9. The van der Waals surface area contributed by atoms with Gasteiger partial charge in [-0.2, -0.15) is 0 Å². The van der Waals surface area contributed by atoms with Gasteiger partial charge >= 0.3 is 0 Å². The zero-order chi connectivity index (χ0) is 25.8. The highest BCUT2D eigenvalue weighted by Gasteiger charge is 2.45. The molecule has 0 radical (unpaired) electrons. The van der Waals surface area contributed by atoms with Crippen LogP contribution in [0.2, 0.25) is 0 Å². The number of quaternary nitrogens is 2. The van der Waals surface area contributed by atoms with E-state index in [2.05, 4.69) is 73.9 Å². The molecule has 2 nitrogen and oxygen atoms in total. The molecule has 0 bridgehead atoms. The molecule has 0 aliphatic heterocycles. The number of halogens is 2. The number of hydrogen-bond donors (Lipinski definition) is 0. The van der Waals surface area contributed by atoms with Crippen molar-refractivity contribution >= 4 is 31.9 Å². The van der Waals surface area contributed by atoms with E-state index < -0.39 is 0 Å². The minimum Gasteiger partial charge on any atom is -0.322 e. The highest BCUT2D eigenvalue weighted by atomic mass is 79.9. The van der Waals surface area contributed by atoms with Gasteiger partial charge in [-0.25, -0.2) is 0 Å². The van der Waals surface area contributed by atoms with E-state index in [1.54, 1.807) is 0 Å². The van der Waals surface area contributed by atoms with Crippen LogP contribution in [0.4, 0.5) is 0 Å². The largest absolute Gasteiger partial charge is 0.322 e. The summed E-state index contributed by atoms with van der Waals surface area (Å²) in [6.07, 6.45) is 28.2. The Hall–Kier alpha value is 0.880. The van der Waals surface area contributed by atoms with Crippen LogP contribution in [0.1, 0.15) is 142 Å². The first kappa shape index (κ1) is 34.9. The minimum atomic E-state index is -0.0543. The van der Waals surface area contributed by atoms with Gasteiger partial charge in [0.05, 0.1) is 41.3 Å². The van der Waals surface area contributed by atoms with Crippen LogP contribution in [-0.2, 0) is 0 Å². The van der Waals surface area contributed by atoms with Crippen molar-refractivity contribution in [3.63, 3.8) is 0 Å². The Morgan fingerprint density at radius 2 is 0.735 bits per heavy atom. The standard InChI is InChI=1S/C30H64Br2N2/c1-7-9-11-13-15-17-19-21-23-25-27-33(3,4)29-30(31,32)34(5,6)28-26-24-22-20-18-16-14-12-10-8-2/h7-29H2,1-6H3/q+2. The molecule has 0 aromatic heterocycles. The third kappa shape index (κ3) is 19.1. The molecule has 0 aliphatic carbocycles. The van der Waals surface area contributed by atoms with Crippen molar-refractivity contribution in [3.05, 3.63) is 0 Å². The molecule has 0 aromatic carbocycles. The first-order chi connectivity index (χ1) is 16.1. The fraction of sp³-hybridized carbons (Fsp3) is 1.00. The quantitative estimate of drug-likeness (QED) is 0.0417. The molecule has 0 heterocycles. The summed E-state index contributed by atoms with van der Waals surface area (Å²) in [5, 5.41) is 0. The summed E-state index contributed by atoms with van der Waals surface area (Å²) in [6.45, 7) is 8.20. The summed E-state index contributed by atoms with van der Waals surface area (Å²) in [4.78, 5) is 0. The first-order valence-corrected chi connectivity index (χ1v) is 16.7. The lowest BCUT2D eigenvalue weighted by atomic mass is 10.1. The second kappa shape index (κ2) is 20.9. The molecule has 0 fully saturated rings. The minimum absolute atomic E-state index is 0.0543. The summed E-state index contributed by atoms with van der Waals surface area (Å²) >= 11 is 8.21. The second-order valence-electron chi connectivity index (χ2n) is 12.3. The number of unbranched alkanes of at least 4 members (excludes halogenated alkanes) is 18. The predicted molar refractivity (Wildman–Crippen MR) is 163 cm³/mol. The van der Waals surface area contributed by atoms with Crippen LogP contribution in [0, 0.1) is 0 Å². The van der Waals surface area contributed by atoms with Crippen molar-refractivity contribution < 1.29 is 8.97 Å². The molecule has 4 heteroatoms. The topological polar surface area (TPSA) is 0 Å². The van der Waals surface area contributed by atoms with E-state index in [-0.39, 0.29) is 3.36 Å². The molecule has 0 rings (SSSR count). The number of nitrogens with zero attached hydrogens (tertiary/aromatic N) is 2. The summed E-state index contributed by atoms with van der Waals surface area (Å²) in [7, 11) is 9.59. The van der Waals surface area contributed by atoms with Crippen molar-refractivity contribution in [3.8, 4) is 0 Å². The number of likely N-dealkylation sites (N-methyl/N-ethyl adjacent to an activating group) is 2. The Balaban J connectivity index is 3.99. The van der Waals surface area contributed by atoms with Gasteiger partial charge in [-0.05, 0) is 25.7 Å². The lowest BCUT2D eigenvalue weighted by Gasteiger charge is -2.45. The van der Waals surface area contributed by atoms with Crippen LogP contribution in [0.25, 0.3) is 0 Å². The zero-order valence-corrected chi connectivity index (χ0v) is 27.6. The van der Waals surface area contributed by atoms with Gasteiger partial charge in [0.25, 0.3) is 3.36 Å². The van der Waals surface area contributed by atoms with Gasteiger partial charge in [-0.1, -0.05) is 117 Å². The molecular formula is C30H64Br2N2+2. The summed E-state index contributed by atoms with van der Waals surface area (Å²) in [5.74, 6) is 0. The maximum atomic E-state index is 4.11. The van der Waals surface area contributed by atoms with E-state index in [1.165, 1.54) is 142 Å². The Kier molecular flexibility index (Phi) is 21.4. The monoisotopic (exact) mass is 610 g/mol. The van der Waals surface area contributed by atoms with Gasteiger partial charge in [0.1, 0.15) is 0 Å². The van der Waals surface area contributed by atoms with Crippen LogP contribution in [0.15, 0.2) is 0 Å². The normalized spacial score (nSPS) is 13.1. The third-order valence-corrected chi connectivity index (χ3v) is 10.1. The summed E-state index contributed by atoms with van der Waals surface area (Å²) in [5.41, 5.74) is 0. The van der Waals surface area contributed by atoms with Crippen molar-refractivity contribution in [1.29, 1.82) is 0 Å². The highest BCUT2D eigenvalue weighted by molar-refractivity contribution is 9.25. The molecule has 206 valence electrons. The average Bonchev–Trinajstić information content (AvgIpc) is 2.75. The zero-order valence-electron chi connectivity index (χ0n) is 24.4. The molecule has 0 spiro atoms. The van der Waals surface area contributed by atoms with E-state index in [9.17, 15) is 0 Å². The SMILES string of the molecule is CCCCCCCCCCCC[N+](C)(C)CC(Br)(Br)[N+](C)(C)CCCCCCCCCCCC. The molecule has 0 aromatic rings. The van der Waals surface area contributed by atoms with Crippen molar-refractivity contribution in [2.75, 3.05) is 47.8 Å². The van der Waals surface area contributed by atoms with E-state index >= 15 is 0 Å². The smallest absolute Gasteiger partial charge is 0.257 e. The van der Waals surface area contributed by atoms with Crippen molar-refractivity contribution in [2.45, 2.75) is 146 Å². The lowest BCUT2D eigenvalue weighted by Crippen LogP contribution is -2.61. The van der Waals surface area contributed by atoms with Crippen LogP contribution in [-0.4, -0.2) is 60.1 Å². The molecule has 0 saturated heterocycles. The number of alkyl halides is 2. The Labute approximate surface area is 233 Å². The van der Waals surface area contributed by atoms with Crippen LogP contribution >= 0.6 is 31.9 Å². The van der Waals surface area contributed by atoms with E-state index in [4.69, 9.17) is 0 Å². The fourth-order valence-corrected chi connectivity index (χ4v) is 6.68. The van der Waals surface area contributed by atoms with Gasteiger partial charge in [0, 0.05) is 31.9 Å². The van der Waals surface area contributed by atoms with Gasteiger partial charge in [-0.3, -0.25) is 0 Å². The van der Waals surface area contributed by atoms with Crippen LogP contribution in [0.3, 0.4) is 0 Å². The lowest BCUT2D eigenvalue weighted by molar-refractivity contribution is -0.958. The average molecular weight is 613 g/mol. The van der Waals surface area contributed by atoms with Gasteiger partial charge < -0.3 is 8.97 Å². The molecule has 34 heavy (non-hydrogen) atoms. The predicted octanol–water partition coefficient (Wildman–Crippen LogP) is 10.4. The number of rotatable bonds is 25. The third-order valence-electron chi connectivity index (χ3n) is 7.69. The van der Waals surface area contributed by atoms with Gasteiger partial charge in [0.15, 0.2) is 6.54 Å². The maximum Gasteiger partial charge on any atom is 0.257 e. The maximum absolute atomic E-state index is 4.11. The summed E-state index contributed by atoms with van der Waals surface area (Å²) in [6, 6.07) is 0. The number of hydrogen-bond acceptors (Lipinski definition) is 0. The highest BCUT2D eigenvalue weighted by Crippen LogP contribution is 2.37.